The van der Waals surface area contributed by atoms with E-state index in [1.807, 2.05) is 43.3 Å². The minimum atomic E-state index is -0.582. The van der Waals surface area contributed by atoms with Gasteiger partial charge in [-0.05, 0) is 12.1 Å². The maximum absolute atomic E-state index is 12.0. The van der Waals surface area contributed by atoms with Gasteiger partial charge in [0.2, 0.25) is 0 Å². The highest BCUT2D eigenvalue weighted by molar-refractivity contribution is 8.00. The third-order valence-electron chi connectivity index (χ3n) is 3.41. The fourth-order valence-electron chi connectivity index (χ4n) is 2.17. The van der Waals surface area contributed by atoms with Crippen molar-refractivity contribution >= 4 is 17.6 Å². The molecule has 0 bridgehead atoms. The zero-order chi connectivity index (χ0) is 17.0. The molecule has 0 fully saturated rings. The lowest BCUT2D eigenvalue weighted by Gasteiger charge is -2.17. The summed E-state index contributed by atoms with van der Waals surface area (Å²) in [6.07, 6.45) is 0. The van der Waals surface area contributed by atoms with E-state index >= 15 is 0 Å². The molecule has 1 aromatic carbocycles. The molecule has 0 saturated heterocycles. The van der Waals surface area contributed by atoms with Crippen LogP contribution in [0, 0.1) is 11.3 Å². The van der Waals surface area contributed by atoms with Crippen LogP contribution in [0.15, 0.2) is 44.8 Å². The van der Waals surface area contributed by atoms with Crippen molar-refractivity contribution in [3.63, 3.8) is 0 Å². The molecule has 6 nitrogen and oxygen atoms in total. The first-order valence-electron chi connectivity index (χ1n) is 7.11. The molecule has 0 amide bonds. The van der Waals surface area contributed by atoms with E-state index < -0.39 is 11.2 Å². The van der Waals surface area contributed by atoms with Gasteiger partial charge in [-0.1, -0.05) is 25.1 Å². The summed E-state index contributed by atoms with van der Waals surface area (Å²) >= 11 is 1.68. The number of nitrogens with one attached hydrogen (secondary N) is 1. The summed E-state index contributed by atoms with van der Waals surface area (Å²) in [5.41, 5.74) is -1.09. The molecule has 1 aromatic heterocycles. The van der Waals surface area contributed by atoms with Crippen LogP contribution in [-0.4, -0.2) is 20.9 Å². The Bertz CT molecular complexity index is 849. The molecule has 0 saturated carbocycles. The zero-order valence-corrected chi connectivity index (χ0v) is 14.1. The van der Waals surface area contributed by atoms with Crippen LogP contribution in [0.3, 0.4) is 0 Å². The van der Waals surface area contributed by atoms with E-state index in [1.54, 1.807) is 18.8 Å². The van der Waals surface area contributed by atoms with E-state index in [-0.39, 0.29) is 16.6 Å². The second-order valence-corrected chi connectivity index (χ2v) is 6.68. The SMILES string of the molecule is CC(CNc1c(C#N)c(=O)n(C)c(=O)n1C)Sc1ccccc1. The van der Waals surface area contributed by atoms with Gasteiger partial charge in [0.05, 0.1) is 0 Å². The van der Waals surface area contributed by atoms with Gasteiger partial charge in [0.15, 0.2) is 5.56 Å². The maximum atomic E-state index is 12.0. The molecular weight excluding hydrogens is 312 g/mol. The second-order valence-electron chi connectivity index (χ2n) is 5.16. The molecule has 2 rings (SSSR count). The molecule has 1 atom stereocenters. The molecule has 1 N–H and O–H groups in total. The van der Waals surface area contributed by atoms with Crippen LogP contribution >= 0.6 is 11.8 Å². The summed E-state index contributed by atoms with van der Waals surface area (Å²) in [6.45, 7) is 2.56. The zero-order valence-electron chi connectivity index (χ0n) is 13.2. The smallest absolute Gasteiger partial charge is 0.332 e. The fraction of sp³-hybridized carbons (Fsp3) is 0.312. The number of nitrogens with zero attached hydrogens (tertiary/aromatic N) is 3. The number of hydrogen-bond donors (Lipinski definition) is 1. The Hall–Kier alpha value is -2.46. The molecule has 0 radical (unpaired) electrons. The molecule has 0 aliphatic heterocycles. The van der Waals surface area contributed by atoms with Crippen molar-refractivity contribution in [2.24, 2.45) is 14.1 Å². The summed E-state index contributed by atoms with van der Waals surface area (Å²) in [4.78, 5) is 25.1. The highest BCUT2D eigenvalue weighted by Gasteiger charge is 2.16. The van der Waals surface area contributed by atoms with E-state index in [0.717, 1.165) is 9.46 Å². The third kappa shape index (κ3) is 3.66. The summed E-state index contributed by atoms with van der Waals surface area (Å²) in [6, 6.07) is 11.8. The molecule has 0 aliphatic carbocycles. The van der Waals surface area contributed by atoms with Crippen molar-refractivity contribution in [2.75, 3.05) is 11.9 Å². The number of nitriles is 1. The number of benzene rings is 1. The Kier molecular flexibility index (Phi) is 5.29. The van der Waals surface area contributed by atoms with Gasteiger partial charge in [0, 0.05) is 30.8 Å². The van der Waals surface area contributed by atoms with E-state index in [0.29, 0.717) is 6.54 Å². The molecule has 1 unspecified atom stereocenters. The minimum absolute atomic E-state index is 0.0495. The maximum Gasteiger partial charge on any atom is 0.332 e. The number of aromatic nitrogens is 2. The van der Waals surface area contributed by atoms with Crippen molar-refractivity contribution < 1.29 is 0 Å². The number of rotatable bonds is 5. The number of thioether (sulfide) groups is 1. The fourth-order valence-corrected chi connectivity index (χ4v) is 3.11. The standard InChI is InChI=1S/C16H18N4O2S/c1-11(23-12-7-5-4-6-8-12)10-18-14-13(9-17)15(21)20(3)16(22)19(14)2/h4-8,11,18H,10H2,1-3H3. The monoisotopic (exact) mass is 330 g/mol. The van der Waals surface area contributed by atoms with Gasteiger partial charge >= 0.3 is 5.69 Å². The van der Waals surface area contributed by atoms with Gasteiger partial charge in [-0.3, -0.25) is 13.9 Å². The molecule has 120 valence electrons. The lowest BCUT2D eigenvalue weighted by atomic mass is 10.3. The summed E-state index contributed by atoms with van der Waals surface area (Å²) < 4.78 is 2.23. The van der Waals surface area contributed by atoms with Crippen LogP contribution in [-0.2, 0) is 14.1 Å². The van der Waals surface area contributed by atoms with Crippen LogP contribution in [0.25, 0.3) is 0 Å². The minimum Gasteiger partial charge on any atom is -0.369 e. The highest BCUT2D eigenvalue weighted by Crippen LogP contribution is 2.22. The van der Waals surface area contributed by atoms with Gasteiger partial charge < -0.3 is 5.32 Å². The van der Waals surface area contributed by atoms with Gasteiger partial charge in [0.1, 0.15) is 11.9 Å². The lowest BCUT2D eigenvalue weighted by Crippen LogP contribution is -2.40. The van der Waals surface area contributed by atoms with Gasteiger partial charge in [0.25, 0.3) is 5.56 Å². The van der Waals surface area contributed by atoms with Crippen molar-refractivity contribution in [1.82, 2.24) is 9.13 Å². The lowest BCUT2D eigenvalue weighted by molar-refractivity contribution is 0.685. The highest BCUT2D eigenvalue weighted by atomic mass is 32.2. The Morgan fingerprint density at radius 1 is 1.22 bits per heavy atom. The molecule has 2 aromatic rings. The summed E-state index contributed by atoms with van der Waals surface area (Å²) in [5, 5.41) is 12.5. The molecule has 23 heavy (non-hydrogen) atoms. The van der Waals surface area contributed by atoms with Crippen molar-refractivity contribution in [3.05, 3.63) is 56.7 Å². The van der Waals surface area contributed by atoms with Crippen molar-refractivity contribution in [2.45, 2.75) is 17.1 Å². The van der Waals surface area contributed by atoms with Crippen LogP contribution < -0.4 is 16.6 Å². The Morgan fingerprint density at radius 3 is 2.48 bits per heavy atom. The van der Waals surface area contributed by atoms with Gasteiger partial charge in [-0.15, -0.1) is 11.8 Å². The van der Waals surface area contributed by atoms with Crippen molar-refractivity contribution in [1.29, 1.82) is 5.26 Å². The number of hydrogen-bond acceptors (Lipinski definition) is 5. The van der Waals surface area contributed by atoms with Crippen LogP contribution in [0.2, 0.25) is 0 Å². The molecular formula is C16H18N4O2S. The first-order valence-corrected chi connectivity index (χ1v) is 7.99. The van der Waals surface area contributed by atoms with E-state index in [1.165, 1.54) is 11.6 Å². The average Bonchev–Trinajstić information content (AvgIpc) is 2.56. The molecule has 1 heterocycles. The first kappa shape index (κ1) is 16.9. The third-order valence-corrected chi connectivity index (χ3v) is 4.53. The normalized spacial score (nSPS) is 11.7. The molecule has 0 spiro atoms. The largest absolute Gasteiger partial charge is 0.369 e. The Balaban J connectivity index is 2.19. The number of anilines is 1. The van der Waals surface area contributed by atoms with Crippen LogP contribution in [0.5, 0.6) is 0 Å². The second kappa shape index (κ2) is 7.20. The Labute approximate surface area is 138 Å². The molecule has 7 heteroatoms. The topological polar surface area (TPSA) is 79.8 Å². The summed E-state index contributed by atoms with van der Waals surface area (Å²) in [5.74, 6) is 0.265. The van der Waals surface area contributed by atoms with Crippen molar-refractivity contribution in [3.8, 4) is 6.07 Å². The van der Waals surface area contributed by atoms with E-state index in [9.17, 15) is 14.9 Å². The van der Waals surface area contributed by atoms with Gasteiger partial charge in [-0.2, -0.15) is 5.26 Å². The predicted octanol–water partition coefficient (Wildman–Crippen LogP) is 1.55. The van der Waals surface area contributed by atoms with E-state index in [2.05, 4.69) is 5.32 Å². The summed E-state index contributed by atoms with van der Waals surface area (Å²) in [7, 11) is 2.91. The van der Waals surface area contributed by atoms with Crippen LogP contribution in [0.4, 0.5) is 5.82 Å². The van der Waals surface area contributed by atoms with Crippen LogP contribution in [0.1, 0.15) is 12.5 Å². The molecule has 0 aliphatic rings. The van der Waals surface area contributed by atoms with E-state index in [4.69, 9.17) is 0 Å². The first-order chi connectivity index (χ1) is 11.0. The predicted molar refractivity (Wildman–Crippen MR) is 91.9 cm³/mol. The quantitative estimate of drug-likeness (QED) is 0.841. The Morgan fingerprint density at radius 2 is 1.87 bits per heavy atom. The van der Waals surface area contributed by atoms with Gasteiger partial charge in [-0.25, -0.2) is 4.79 Å². The average molecular weight is 330 g/mol.